The highest BCUT2D eigenvalue weighted by atomic mass is 16.1. The standard InChI is InChI=1S/C15H13N3O/c1-9-10(4-2-6-13(9)16)14(19)12-8-18-15-11(12)5-3-7-17-15/h2-8H,16H2,1H3,(H,17,18). The third kappa shape index (κ3) is 1.78. The van der Waals surface area contributed by atoms with Crippen molar-refractivity contribution in [2.24, 2.45) is 0 Å². The Morgan fingerprint density at radius 3 is 2.89 bits per heavy atom. The summed E-state index contributed by atoms with van der Waals surface area (Å²) in [7, 11) is 0. The number of aromatic nitrogens is 2. The molecule has 0 atom stereocenters. The number of hydrogen-bond acceptors (Lipinski definition) is 3. The van der Waals surface area contributed by atoms with E-state index in [0.717, 1.165) is 10.9 Å². The molecule has 0 saturated heterocycles. The molecule has 2 heterocycles. The van der Waals surface area contributed by atoms with Crippen molar-refractivity contribution < 1.29 is 4.79 Å². The maximum atomic E-state index is 12.6. The molecule has 94 valence electrons. The molecule has 0 bridgehead atoms. The van der Waals surface area contributed by atoms with Crippen molar-refractivity contribution in [3.63, 3.8) is 0 Å². The van der Waals surface area contributed by atoms with E-state index in [9.17, 15) is 4.79 Å². The quantitative estimate of drug-likeness (QED) is 0.543. The van der Waals surface area contributed by atoms with Crippen LogP contribution in [0.5, 0.6) is 0 Å². The Kier molecular flexibility index (Phi) is 2.56. The Morgan fingerprint density at radius 1 is 1.21 bits per heavy atom. The van der Waals surface area contributed by atoms with Crippen molar-refractivity contribution in [3.8, 4) is 0 Å². The molecule has 0 radical (unpaired) electrons. The average molecular weight is 251 g/mol. The van der Waals surface area contributed by atoms with E-state index in [0.29, 0.717) is 22.5 Å². The van der Waals surface area contributed by atoms with Gasteiger partial charge >= 0.3 is 0 Å². The maximum absolute atomic E-state index is 12.6. The molecule has 1 aromatic carbocycles. The van der Waals surface area contributed by atoms with Gasteiger partial charge in [-0.25, -0.2) is 4.98 Å². The molecule has 3 aromatic rings. The number of nitrogens with zero attached hydrogens (tertiary/aromatic N) is 1. The van der Waals surface area contributed by atoms with E-state index in [-0.39, 0.29) is 5.78 Å². The van der Waals surface area contributed by atoms with Gasteiger partial charge in [0.15, 0.2) is 5.78 Å². The number of nitrogens with two attached hydrogens (primary N) is 1. The lowest BCUT2D eigenvalue weighted by Gasteiger charge is -2.06. The predicted octanol–water partition coefficient (Wildman–Crippen LogP) is 2.68. The molecule has 4 heteroatoms. The Bertz CT molecular complexity index is 774. The van der Waals surface area contributed by atoms with Crippen LogP contribution in [0.1, 0.15) is 21.5 Å². The molecular formula is C15H13N3O. The van der Waals surface area contributed by atoms with Crippen LogP contribution in [0.25, 0.3) is 11.0 Å². The van der Waals surface area contributed by atoms with Gasteiger partial charge in [-0.15, -0.1) is 0 Å². The van der Waals surface area contributed by atoms with Crippen LogP contribution in [-0.2, 0) is 0 Å². The van der Waals surface area contributed by atoms with Gasteiger partial charge in [0.2, 0.25) is 0 Å². The summed E-state index contributed by atoms with van der Waals surface area (Å²) >= 11 is 0. The number of aromatic amines is 1. The smallest absolute Gasteiger partial charge is 0.195 e. The molecule has 0 aliphatic rings. The van der Waals surface area contributed by atoms with Gasteiger partial charge in [-0.1, -0.05) is 12.1 Å². The second kappa shape index (κ2) is 4.24. The largest absolute Gasteiger partial charge is 0.398 e. The van der Waals surface area contributed by atoms with E-state index >= 15 is 0 Å². The van der Waals surface area contributed by atoms with Crippen LogP contribution in [0.2, 0.25) is 0 Å². The lowest BCUT2D eigenvalue weighted by molar-refractivity contribution is 0.104. The molecule has 4 nitrogen and oxygen atoms in total. The molecule has 3 N–H and O–H groups in total. The summed E-state index contributed by atoms with van der Waals surface area (Å²) in [4.78, 5) is 19.8. The number of pyridine rings is 1. The number of carbonyl (C=O) groups excluding carboxylic acids is 1. The fourth-order valence-electron chi connectivity index (χ4n) is 2.19. The summed E-state index contributed by atoms with van der Waals surface area (Å²) in [5.41, 5.74) is 9.26. The molecule has 3 rings (SSSR count). The molecule has 0 saturated carbocycles. The van der Waals surface area contributed by atoms with Gasteiger partial charge < -0.3 is 10.7 Å². The van der Waals surface area contributed by atoms with Crippen LogP contribution in [0.15, 0.2) is 42.7 Å². The number of carbonyl (C=O) groups is 1. The minimum absolute atomic E-state index is 0.0379. The van der Waals surface area contributed by atoms with Crippen molar-refractivity contribution in [1.82, 2.24) is 9.97 Å². The van der Waals surface area contributed by atoms with Gasteiger partial charge in [-0.2, -0.15) is 0 Å². The highest BCUT2D eigenvalue weighted by Gasteiger charge is 2.16. The Labute approximate surface area is 110 Å². The third-order valence-electron chi connectivity index (χ3n) is 3.32. The first-order chi connectivity index (χ1) is 9.18. The summed E-state index contributed by atoms with van der Waals surface area (Å²) < 4.78 is 0. The van der Waals surface area contributed by atoms with Crippen molar-refractivity contribution in [2.45, 2.75) is 6.92 Å². The van der Waals surface area contributed by atoms with Crippen LogP contribution in [0.3, 0.4) is 0 Å². The molecule has 0 spiro atoms. The Balaban J connectivity index is 2.17. The predicted molar refractivity (Wildman–Crippen MR) is 75.1 cm³/mol. The first-order valence-corrected chi connectivity index (χ1v) is 6.00. The number of rotatable bonds is 2. The van der Waals surface area contributed by atoms with E-state index in [1.807, 2.05) is 19.1 Å². The van der Waals surface area contributed by atoms with Gasteiger partial charge in [-0.3, -0.25) is 4.79 Å². The summed E-state index contributed by atoms with van der Waals surface area (Å²) in [6.45, 7) is 1.86. The topological polar surface area (TPSA) is 71.8 Å². The fraction of sp³-hybridized carbons (Fsp3) is 0.0667. The SMILES string of the molecule is Cc1c(N)cccc1C(=O)c1c[nH]c2ncccc12. The van der Waals surface area contributed by atoms with E-state index in [1.54, 1.807) is 30.6 Å². The second-order valence-electron chi connectivity index (χ2n) is 4.45. The average Bonchev–Trinajstić information content (AvgIpc) is 2.85. The van der Waals surface area contributed by atoms with E-state index in [4.69, 9.17) is 5.73 Å². The van der Waals surface area contributed by atoms with Crippen molar-refractivity contribution in [1.29, 1.82) is 0 Å². The van der Waals surface area contributed by atoms with Crippen molar-refractivity contribution >= 4 is 22.5 Å². The zero-order chi connectivity index (χ0) is 13.4. The van der Waals surface area contributed by atoms with Gasteiger partial charge in [-0.05, 0) is 30.7 Å². The molecule has 0 unspecified atom stereocenters. The highest BCUT2D eigenvalue weighted by Crippen LogP contribution is 2.23. The van der Waals surface area contributed by atoms with Gasteiger partial charge in [0.05, 0.1) is 0 Å². The molecule has 2 aromatic heterocycles. The van der Waals surface area contributed by atoms with Gasteiger partial charge in [0.25, 0.3) is 0 Å². The van der Waals surface area contributed by atoms with Crippen LogP contribution in [0, 0.1) is 6.92 Å². The van der Waals surface area contributed by atoms with Crippen molar-refractivity contribution in [3.05, 3.63) is 59.4 Å². The lowest BCUT2D eigenvalue weighted by Crippen LogP contribution is -2.05. The zero-order valence-corrected chi connectivity index (χ0v) is 10.5. The minimum atomic E-state index is -0.0379. The molecule has 0 aliphatic heterocycles. The lowest BCUT2D eigenvalue weighted by atomic mass is 9.98. The van der Waals surface area contributed by atoms with Crippen LogP contribution >= 0.6 is 0 Å². The Hall–Kier alpha value is -2.62. The summed E-state index contributed by atoms with van der Waals surface area (Å²) in [6.07, 6.45) is 3.39. The van der Waals surface area contributed by atoms with Gasteiger partial charge in [0.1, 0.15) is 5.65 Å². The second-order valence-corrected chi connectivity index (χ2v) is 4.45. The first kappa shape index (κ1) is 11.5. The maximum Gasteiger partial charge on any atom is 0.195 e. The Morgan fingerprint density at radius 2 is 2.05 bits per heavy atom. The van der Waals surface area contributed by atoms with E-state index in [2.05, 4.69) is 9.97 Å². The number of H-pyrrole nitrogens is 1. The zero-order valence-electron chi connectivity index (χ0n) is 10.5. The normalized spacial score (nSPS) is 10.8. The monoisotopic (exact) mass is 251 g/mol. The number of ketones is 1. The van der Waals surface area contributed by atoms with E-state index < -0.39 is 0 Å². The molecule has 19 heavy (non-hydrogen) atoms. The molecule has 0 aliphatic carbocycles. The third-order valence-corrected chi connectivity index (χ3v) is 3.32. The number of nitrogens with one attached hydrogen (secondary N) is 1. The molecular weight excluding hydrogens is 238 g/mol. The number of hydrogen-bond donors (Lipinski definition) is 2. The molecule has 0 fully saturated rings. The van der Waals surface area contributed by atoms with Crippen LogP contribution in [-0.4, -0.2) is 15.8 Å². The highest BCUT2D eigenvalue weighted by molar-refractivity contribution is 6.16. The van der Waals surface area contributed by atoms with Crippen molar-refractivity contribution in [2.75, 3.05) is 5.73 Å². The number of nitrogen functional groups attached to an aromatic ring is 1. The minimum Gasteiger partial charge on any atom is -0.398 e. The van der Waals surface area contributed by atoms with Crippen LogP contribution < -0.4 is 5.73 Å². The number of anilines is 1. The van der Waals surface area contributed by atoms with Gasteiger partial charge in [0, 0.05) is 34.6 Å². The first-order valence-electron chi connectivity index (χ1n) is 6.00. The van der Waals surface area contributed by atoms with E-state index in [1.165, 1.54) is 0 Å². The summed E-state index contributed by atoms with van der Waals surface area (Å²) in [5, 5.41) is 0.828. The fourth-order valence-corrected chi connectivity index (χ4v) is 2.19. The van der Waals surface area contributed by atoms with Crippen LogP contribution in [0.4, 0.5) is 5.69 Å². The molecule has 0 amide bonds. The summed E-state index contributed by atoms with van der Waals surface area (Å²) in [5.74, 6) is -0.0379. The number of fused-ring (bicyclic) bond motifs is 1. The summed E-state index contributed by atoms with van der Waals surface area (Å²) in [6, 6.07) is 9.08. The number of benzene rings is 1.